The number of hydrogen-bond donors (Lipinski definition) is 1. The molecule has 1 aromatic carbocycles. The van der Waals surface area contributed by atoms with Gasteiger partial charge in [-0.25, -0.2) is 4.98 Å². The van der Waals surface area contributed by atoms with Crippen molar-refractivity contribution in [2.45, 2.75) is 9.92 Å². The molecule has 2 aromatic rings. The number of aryl methyl sites for hydroxylation is 1. The first-order valence-corrected chi connectivity index (χ1v) is 8.82. The number of para-hydroxylation sites is 1. The standard InChI is InChI=1S/C13H14ClN3O2S2/c1-3-8-20-11-7-5-4-6-10(11)16-21(18,19)13-12(14)17(2)9-15-13/h3-7,9,16H,1,8H2,2H3. The Hall–Kier alpha value is -1.44. The Kier molecular flexibility index (Phi) is 4.97. The molecule has 8 heteroatoms. The molecule has 0 atom stereocenters. The average Bonchev–Trinajstić information content (AvgIpc) is 2.78. The third kappa shape index (κ3) is 3.61. The normalized spacial score (nSPS) is 11.3. The smallest absolute Gasteiger partial charge is 0.282 e. The van der Waals surface area contributed by atoms with Crippen molar-refractivity contribution in [1.82, 2.24) is 9.55 Å². The predicted octanol–water partition coefficient (Wildman–Crippen LogP) is 3.15. The van der Waals surface area contributed by atoms with Crippen molar-refractivity contribution in [3.8, 4) is 0 Å². The highest BCUT2D eigenvalue weighted by atomic mass is 35.5. The van der Waals surface area contributed by atoms with E-state index >= 15 is 0 Å². The molecule has 0 amide bonds. The number of nitrogens with one attached hydrogen (secondary N) is 1. The number of anilines is 1. The molecule has 5 nitrogen and oxygen atoms in total. The van der Waals surface area contributed by atoms with Crippen molar-refractivity contribution in [3.63, 3.8) is 0 Å². The van der Waals surface area contributed by atoms with Gasteiger partial charge < -0.3 is 4.57 Å². The highest BCUT2D eigenvalue weighted by Crippen LogP contribution is 2.29. The van der Waals surface area contributed by atoms with E-state index in [9.17, 15) is 8.42 Å². The van der Waals surface area contributed by atoms with Gasteiger partial charge in [0, 0.05) is 17.7 Å². The first-order valence-electron chi connectivity index (χ1n) is 5.98. The lowest BCUT2D eigenvalue weighted by Crippen LogP contribution is -2.14. The van der Waals surface area contributed by atoms with Crippen molar-refractivity contribution in [1.29, 1.82) is 0 Å². The number of sulfonamides is 1. The molecule has 1 aromatic heterocycles. The van der Waals surface area contributed by atoms with Crippen LogP contribution in [0, 0.1) is 0 Å². The number of aromatic nitrogens is 2. The first-order chi connectivity index (χ1) is 9.95. The Labute approximate surface area is 133 Å². The molecule has 0 radical (unpaired) electrons. The van der Waals surface area contributed by atoms with Gasteiger partial charge in [0.2, 0.25) is 5.03 Å². The number of nitrogens with zero attached hydrogens (tertiary/aromatic N) is 2. The summed E-state index contributed by atoms with van der Waals surface area (Å²) in [5, 5.41) is -0.117. The molecule has 0 aliphatic rings. The fraction of sp³-hybridized carbons (Fsp3) is 0.154. The lowest BCUT2D eigenvalue weighted by atomic mass is 10.3. The minimum absolute atomic E-state index is 0.0683. The van der Waals surface area contributed by atoms with Crippen LogP contribution in [0.2, 0.25) is 5.15 Å². The van der Waals surface area contributed by atoms with Gasteiger partial charge in [0.15, 0.2) is 0 Å². The van der Waals surface area contributed by atoms with Gasteiger partial charge in [-0.05, 0) is 12.1 Å². The van der Waals surface area contributed by atoms with E-state index in [1.807, 2.05) is 12.1 Å². The third-order valence-corrected chi connectivity index (χ3v) is 5.50. The quantitative estimate of drug-likeness (QED) is 0.646. The number of imidazole rings is 1. The van der Waals surface area contributed by atoms with Crippen molar-refractivity contribution in [2.24, 2.45) is 7.05 Å². The molecule has 0 aliphatic heterocycles. The molecule has 0 saturated heterocycles. The Morgan fingerprint density at radius 3 is 2.81 bits per heavy atom. The maximum absolute atomic E-state index is 12.4. The maximum Gasteiger partial charge on any atom is 0.282 e. The van der Waals surface area contributed by atoms with Crippen molar-refractivity contribution in [3.05, 3.63) is 48.4 Å². The Morgan fingerprint density at radius 1 is 1.48 bits per heavy atom. The monoisotopic (exact) mass is 343 g/mol. The van der Waals surface area contributed by atoms with Crippen molar-refractivity contribution in [2.75, 3.05) is 10.5 Å². The molecule has 21 heavy (non-hydrogen) atoms. The Morgan fingerprint density at radius 2 is 2.19 bits per heavy atom. The third-order valence-electron chi connectivity index (χ3n) is 2.58. The van der Waals surface area contributed by atoms with Crippen LogP contribution in [0.1, 0.15) is 0 Å². The fourth-order valence-electron chi connectivity index (χ4n) is 1.59. The zero-order valence-electron chi connectivity index (χ0n) is 11.3. The average molecular weight is 344 g/mol. The van der Waals surface area contributed by atoms with Gasteiger partial charge in [-0.3, -0.25) is 4.72 Å². The summed E-state index contributed by atoms with van der Waals surface area (Å²) in [7, 11) is -2.20. The van der Waals surface area contributed by atoms with E-state index < -0.39 is 10.0 Å². The molecule has 0 bridgehead atoms. The lowest BCUT2D eigenvalue weighted by Gasteiger charge is -2.10. The van der Waals surface area contributed by atoms with Crippen LogP contribution in [0.4, 0.5) is 5.69 Å². The van der Waals surface area contributed by atoms with Crippen LogP contribution in [0.15, 0.2) is 53.2 Å². The minimum atomic E-state index is -3.82. The van der Waals surface area contributed by atoms with E-state index in [2.05, 4.69) is 16.3 Å². The number of thioether (sulfide) groups is 1. The summed E-state index contributed by atoms with van der Waals surface area (Å²) < 4.78 is 28.7. The molecular formula is C13H14ClN3O2S2. The molecule has 2 rings (SSSR count). The summed E-state index contributed by atoms with van der Waals surface area (Å²) in [6, 6.07) is 7.14. The second-order valence-electron chi connectivity index (χ2n) is 4.15. The van der Waals surface area contributed by atoms with Crippen LogP contribution in [0.5, 0.6) is 0 Å². The van der Waals surface area contributed by atoms with Gasteiger partial charge in [0.05, 0.1) is 12.0 Å². The van der Waals surface area contributed by atoms with Crippen LogP contribution >= 0.6 is 23.4 Å². The second-order valence-corrected chi connectivity index (χ2v) is 7.17. The summed E-state index contributed by atoms with van der Waals surface area (Å²) in [5.74, 6) is 0.684. The summed E-state index contributed by atoms with van der Waals surface area (Å²) in [5.41, 5.74) is 0.492. The summed E-state index contributed by atoms with van der Waals surface area (Å²) in [6.07, 6.45) is 3.11. The van der Waals surface area contributed by atoms with Gasteiger partial charge in [-0.1, -0.05) is 29.8 Å². The topological polar surface area (TPSA) is 64.0 Å². The molecule has 112 valence electrons. The van der Waals surface area contributed by atoms with E-state index in [4.69, 9.17) is 11.6 Å². The molecule has 0 spiro atoms. The van der Waals surface area contributed by atoms with Gasteiger partial charge in [0.1, 0.15) is 5.15 Å². The van der Waals surface area contributed by atoms with Gasteiger partial charge in [-0.15, -0.1) is 18.3 Å². The van der Waals surface area contributed by atoms with E-state index in [0.717, 1.165) is 4.90 Å². The van der Waals surface area contributed by atoms with Crippen molar-refractivity contribution < 1.29 is 8.42 Å². The SMILES string of the molecule is C=CCSc1ccccc1NS(=O)(=O)c1ncn(C)c1Cl. The van der Waals surface area contributed by atoms with E-state index in [-0.39, 0.29) is 10.2 Å². The lowest BCUT2D eigenvalue weighted by molar-refractivity contribution is 0.598. The Balaban J connectivity index is 2.33. The molecular weight excluding hydrogens is 330 g/mol. The number of hydrogen-bond acceptors (Lipinski definition) is 4. The van der Waals surface area contributed by atoms with Crippen LogP contribution in [-0.4, -0.2) is 23.7 Å². The van der Waals surface area contributed by atoms with Crippen LogP contribution in [0.25, 0.3) is 0 Å². The van der Waals surface area contributed by atoms with Gasteiger partial charge >= 0.3 is 0 Å². The predicted molar refractivity (Wildman–Crippen MR) is 86.4 cm³/mol. The maximum atomic E-state index is 12.4. The zero-order valence-corrected chi connectivity index (χ0v) is 13.7. The van der Waals surface area contributed by atoms with Crippen LogP contribution in [0.3, 0.4) is 0 Å². The number of rotatable bonds is 6. The van der Waals surface area contributed by atoms with Crippen LogP contribution < -0.4 is 4.72 Å². The largest absolute Gasteiger partial charge is 0.324 e. The summed E-state index contributed by atoms with van der Waals surface area (Å²) in [4.78, 5) is 4.65. The second kappa shape index (κ2) is 6.55. The molecule has 0 unspecified atom stereocenters. The van der Waals surface area contributed by atoms with Gasteiger partial charge in [0.25, 0.3) is 10.0 Å². The minimum Gasteiger partial charge on any atom is -0.324 e. The summed E-state index contributed by atoms with van der Waals surface area (Å²) in [6.45, 7) is 3.65. The van der Waals surface area contributed by atoms with Crippen molar-refractivity contribution >= 4 is 39.1 Å². The number of halogens is 1. The molecule has 0 fully saturated rings. The van der Waals surface area contributed by atoms with E-state index in [0.29, 0.717) is 11.4 Å². The van der Waals surface area contributed by atoms with E-state index in [1.54, 1.807) is 25.3 Å². The number of benzene rings is 1. The summed E-state index contributed by atoms with van der Waals surface area (Å²) >= 11 is 7.43. The Bertz CT molecular complexity index is 757. The van der Waals surface area contributed by atoms with Gasteiger partial charge in [-0.2, -0.15) is 8.42 Å². The molecule has 1 N–H and O–H groups in total. The highest BCUT2D eigenvalue weighted by molar-refractivity contribution is 7.99. The van der Waals surface area contributed by atoms with E-state index in [1.165, 1.54) is 22.7 Å². The molecule has 0 saturated carbocycles. The fourth-order valence-corrected chi connectivity index (χ4v) is 3.92. The molecule has 1 heterocycles. The highest BCUT2D eigenvalue weighted by Gasteiger charge is 2.23. The van der Waals surface area contributed by atoms with Crippen LogP contribution in [-0.2, 0) is 17.1 Å². The zero-order chi connectivity index (χ0) is 15.5. The first kappa shape index (κ1) is 15.9. The molecule has 0 aliphatic carbocycles.